The van der Waals surface area contributed by atoms with E-state index in [9.17, 15) is 17.8 Å². The second-order valence-corrected chi connectivity index (χ2v) is 8.45. The fraction of sp³-hybridized carbons (Fsp3) is 0.929. The molecule has 0 heterocycles. The highest BCUT2D eigenvalue weighted by molar-refractivity contribution is 7.86. The molecule has 0 aliphatic heterocycles. The summed E-state index contributed by atoms with van der Waals surface area (Å²) in [7, 11) is -4.11. The third-order valence-electron chi connectivity index (χ3n) is 2.90. The van der Waals surface area contributed by atoms with E-state index in [4.69, 9.17) is 4.74 Å². The number of ether oxygens (including phenoxy) is 1. The number of carbonyl (C=O) groups excluding carboxylic acids is 1. The molecule has 1 unspecified atom stereocenters. The molecule has 0 radical (unpaired) electrons. The lowest BCUT2D eigenvalue weighted by Gasteiger charge is -2.26. The molecule has 0 saturated heterocycles. The fourth-order valence-corrected chi connectivity index (χ4v) is 2.97. The maximum Gasteiger partial charge on any atom is 0.407 e. The molecule has 6 nitrogen and oxygen atoms in total. The molecule has 21 heavy (non-hydrogen) atoms. The second kappa shape index (κ2) is 7.98. The molecule has 0 saturated carbocycles. The van der Waals surface area contributed by atoms with Crippen molar-refractivity contribution in [2.45, 2.75) is 77.7 Å². The monoisotopic (exact) mass is 323 g/mol. The van der Waals surface area contributed by atoms with E-state index >= 15 is 0 Å². The van der Waals surface area contributed by atoms with E-state index in [1.54, 1.807) is 27.7 Å². The van der Waals surface area contributed by atoms with Crippen LogP contribution in [0.5, 0.6) is 0 Å². The number of alkyl carbamates (subject to hydrolysis) is 1. The fourth-order valence-electron chi connectivity index (χ4n) is 2.07. The van der Waals surface area contributed by atoms with Gasteiger partial charge in [-0.2, -0.15) is 8.42 Å². The standard InChI is InChI=1S/C14H29NO5S/c1-7-12(21(17,18)19)9-11(8-10(2)3)15-13(16)20-14(4,5)6/h10-12H,7-9H2,1-6H3,(H,15,16)(H,17,18,19)/t11-,12?/m0/s1. The lowest BCUT2D eigenvalue weighted by Crippen LogP contribution is -2.42. The second-order valence-electron chi connectivity index (χ2n) is 6.75. The van der Waals surface area contributed by atoms with Crippen LogP contribution in [0, 0.1) is 5.92 Å². The molecule has 2 atom stereocenters. The van der Waals surface area contributed by atoms with Gasteiger partial charge >= 0.3 is 6.09 Å². The molecule has 0 aromatic rings. The molecule has 0 aliphatic rings. The maximum atomic E-state index is 11.8. The zero-order valence-corrected chi connectivity index (χ0v) is 14.7. The average Bonchev–Trinajstić information content (AvgIpc) is 2.19. The van der Waals surface area contributed by atoms with Gasteiger partial charge in [-0.25, -0.2) is 4.79 Å². The van der Waals surface area contributed by atoms with Crippen molar-refractivity contribution in [3.63, 3.8) is 0 Å². The molecule has 0 rings (SSSR count). The predicted octanol–water partition coefficient (Wildman–Crippen LogP) is 2.98. The Hall–Kier alpha value is -0.820. The number of nitrogens with one attached hydrogen (secondary N) is 1. The third-order valence-corrected chi connectivity index (χ3v) is 4.27. The van der Waals surface area contributed by atoms with Gasteiger partial charge in [-0.05, 0) is 46.0 Å². The van der Waals surface area contributed by atoms with Gasteiger partial charge in [0, 0.05) is 6.04 Å². The van der Waals surface area contributed by atoms with Gasteiger partial charge in [-0.15, -0.1) is 0 Å². The van der Waals surface area contributed by atoms with Crippen molar-refractivity contribution in [1.29, 1.82) is 0 Å². The zero-order chi connectivity index (χ0) is 16.8. The summed E-state index contributed by atoms with van der Waals surface area (Å²) in [5, 5.41) is 1.83. The number of hydrogen-bond acceptors (Lipinski definition) is 4. The topological polar surface area (TPSA) is 92.7 Å². The minimum atomic E-state index is -4.11. The number of hydrogen-bond donors (Lipinski definition) is 2. The van der Waals surface area contributed by atoms with Gasteiger partial charge in [0.2, 0.25) is 0 Å². The minimum Gasteiger partial charge on any atom is -0.444 e. The van der Waals surface area contributed by atoms with Gasteiger partial charge in [0.25, 0.3) is 10.1 Å². The van der Waals surface area contributed by atoms with E-state index in [0.29, 0.717) is 12.8 Å². The van der Waals surface area contributed by atoms with Crippen molar-refractivity contribution in [3.05, 3.63) is 0 Å². The van der Waals surface area contributed by atoms with Crippen LogP contribution in [0.15, 0.2) is 0 Å². The molecule has 7 heteroatoms. The zero-order valence-electron chi connectivity index (χ0n) is 13.8. The Morgan fingerprint density at radius 1 is 1.24 bits per heavy atom. The van der Waals surface area contributed by atoms with Gasteiger partial charge in [-0.3, -0.25) is 4.55 Å². The highest BCUT2D eigenvalue weighted by atomic mass is 32.2. The maximum absolute atomic E-state index is 11.8. The Morgan fingerprint density at radius 3 is 2.10 bits per heavy atom. The summed E-state index contributed by atoms with van der Waals surface area (Å²) in [5.41, 5.74) is -0.611. The van der Waals surface area contributed by atoms with Crippen molar-refractivity contribution < 1.29 is 22.5 Å². The first kappa shape index (κ1) is 20.2. The Kier molecular flexibility index (Phi) is 7.67. The van der Waals surface area contributed by atoms with Gasteiger partial charge in [0.15, 0.2) is 0 Å². The van der Waals surface area contributed by atoms with Crippen LogP contribution in [0.3, 0.4) is 0 Å². The molecule has 2 N–H and O–H groups in total. The first-order valence-electron chi connectivity index (χ1n) is 7.31. The molecular weight excluding hydrogens is 294 g/mol. The molecule has 0 bridgehead atoms. The third kappa shape index (κ3) is 9.68. The normalized spacial score (nSPS) is 15.6. The number of amides is 1. The van der Waals surface area contributed by atoms with Crippen molar-refractivity contribution in [2.75, 3.05) is 0 Å². The predicted molar refractivity (Wildman–Crippen MR) is 82.9 cm³/mol. The highest BCUT2D eigenvalue weighted by Gasteiger charge is 2.27. The summed E-state index contributed by atoms with van der Waals surface area (Å²) in [6, 6.07) is -0.355. The van der Waals surface area contributed by atoms with Crippen LogP contribution < -0.4 is 5.32 Å². The lowest BCUT2D eigenvalue weighted by atomic mass is 9.99. The van der Waals surface area contributed by atoms with E-state index in [0.717, 1.165) is 0 Å². The number of rotatable bonds is 7. The summed E-state index contributed by atoms with van der Waals surface area (Å²) in [6.07, 6.45) is 0.514. The summed E-state index contributed by atoms with van der Waals surface area (Å²) in [4.78, 5) is 11.8. The Labute approximate surface area is 128 Å². The van der Waals surface area contributed by atoms with Crippen molar-refractivity contribution >= 4 is 16.2 Å². The summed E-state index contributed by atoms with van der Waals surface area (Å²) < 4.78 is 37.0. The van der Waals surface area contributed by atoms with Gasteiger partial charge < -0.3 is 10.1 Å². The Balaban J connectivity index is 4.84. The van der Waals surface area contributed by atoms with Crippen molar-refractivity contribution in [1.82, 2.24) is 5.32 Å². The van der Waals surface area contributed by atoms with E-state index in [1.807, 2.05) is 13.8 Å². The molecule has 0 aliphatic carbocycles. The van der Waals surface area contributed by atoms with Gasteiger partial charge in [0.05, 0.1) is 5.25 Å². The van der Waals surface area contributed by atoms with Crippen molar-refractivity contribution in [2.24, 2.45) is 5.92 Å². The van der Waals surface area contributed by atoms with E-state index in [2.05, 4.69) is 5.32 Å². The molecule has 126 valence electrons. The van der Waals surface area contributed by atoms with Crippen LogP contribution >= 0.6 is 0 Å². The van der Waals surface area contributed by atoms with E-state index < -0.39 is 27.1 Å². The molecular formula is C14H29NO5S. The molecule has 0 fully saturated rings. The Bertz CT molecular complexity index is 425. The first-order chi connectivity index (χ1) is 9.35. The summed E-state index contributed by atoms with van der Waals surface area (Å²) in [6.45, 7) is 10.9. The van der Waals surface area contributed by atoms with Crippen LogP contribution in [0.4, 0.5) is 4.79 Å². The molecule has 0 spiro atoms. The van der Waals surface area contributed by atoms with Gasteiger partial charge in [0.1, 0.15) is 5.60 Å². The molecule has 0 aromatic carbocycles. The first-order valence-corrected chi connectivity index (χ1v) is 8.81. The average molecular weight is 323 g/mol. The lowest BCUT2D eigenvalue weighted by molar-refractivity contribution is 0.0495. The van der Waals surface area contributed by atoms with Crippen LogP contribution in [0.1, 0.15) is 60.8 Å². The van der Waals surface area contributed by atoms with Crippen molar-refractivity contribution in [3.8, 4) is 0 Å². The molecule has 0 aromatic heterocycles. The number of carbonyl (C=O) groups is 1. The van der Waals surface area contributed by atoms with Crippen LogP contribution in [-0.4, -0.2) is 36.0 Å². The smallest absolute Gasteiger partial charge is 0.407 e. The Morgan fingerprint density at radius 2 is 1.76 bits per heavy atom. The minimum absolute atomic E-state index is 0.173. The van der Waals surface area contributed by atoms with E-state index in [-0.39, 0.29) is 18.4 Å². The molecule has 1 amide bonds. The highest BCUT2D eigenvalue weighted by Crippen LogP contribution is 2.17. The van der Waals surface area contributed by atoms with Crippen LogP contribution in [-0.2, 0) is 14.9 Å². The van der Waals surface area contributed by atoms with E-state index in [1.165, 1.54) is 0 Å². The quantitative estimate of drug-likeness (QED) is 0.703. The van der Waals surface area contributed by atoms with Crippen LogP contribution in [0.2, 0.25) is 0 Å². The largest absolute Gasteiger partial charge is 0.444 e. The summed E-state index contributed by atoms with van der Waals surface area (Å²) in [5.74, 6) is 0.281. The van der Waals surface area contributed by atoms with Gasteiger partial charge in [-0.1, -0.05) is 20.8 Å². The SMILES string of the molecule is CCC(C[C@H](CC(C)C)NC(=O)OC(C)(C)C)S(=O)(=O)O. The summed E-state index contributed by atoms with van der Waals surface area (Å²) >= 11 is 0. The van der Waals surface area contributed by atoms with Crippen LogP contribution in [0.25, 0.3) is 0 Å².